The molecular formula is C23H34N6O3. The number of benzene rings is 1. The summed E-state index contributed by atoms with van der Waals surface area (Å²) >= 11 is 0. The number of H-pyrrole nitrogens is 1. The van der Waals surface area contributed by atoms with Crippen molar-refractivity contribution in [3.63, 3.8) is 0 Å². The fourth-order valence-electron chi connectivity index (χ4n) is 3.71. The first-order valence-electron chi connectivity index (χ1n) is 11.2. The van der Waals surface area contributed by atoms with Crippen LogP contribution in [-0.4, -0.2) is 85.7 Å². The lowest BCUT2D eigenvalue weighted by atomic mass is 10.1. The Kier molecular flexibility index (Phi) is 8.35. The van der Waals surface area contributed by atoms with Gasteiger partial charge in [0.25, 0.3) is 0 Å². The van der Waals surface area contributed by atoms with Crippen molar-refractivity contribution in [2.75, 3.05) is 46.9 Å². The third-order valence-corrected chi connectivity index (χ3v) is 5.59. The molecule has 32 heavy (non-hydrogen) atoms. The summed E-state index contributed by atoms with van der Waals surface area (Å²) in [7, 11) is 3.45. The topological polar surface area (TPSA) is 102 Å². The number of likely N-dealkylation sites (tertiary alicyclic amines) is 1. The number of aromatic amines is 1. The van der Waals surface area contributed by atoms with E-state index in [1.807, 2.05) is 25.3 Å². The highest BCUT2D eigenvalue weighted by Gasteiger charge is 2.24. The van der Waals surface area contributed by atoms with Gasteiger partial charge >= 0.3 is 6.09 Å². The van der Waals surface area contributed by atoms with Crippen LogP contribution in [0.2, 0.25) is 0 Å². The Hall–Kier alpha value is -3.23. The van der Waals surface area contributed by atoms with Crippen LogP contribution in [0.5, 0.6) is 0 Å². The minimum Gasteiger partial charge on any atom is -0.450 e. The summed E-state index contributed by atoms with van der Waals surface area (Å²) in [5.41, 5.74) is 2.36. The molecule has 2 amide bonds. The zero-order valence-corrected chi connectivity index (χ0v) is 19.2. The summed E-state index contributed by atoms with van der Waals surface area (Å²) < 4.78 is 5.09. The lowest BCUT2D eigenvalue weighted by Gasteiger charge is -2.32. The van der Waals surface area contributed by atoms with Gasteiger partial charge in [-0.3, -0.25) is 4.79 Å². The van der Waals surface area contributed by atoms with Gasteiger partial charge in [-0.05, 0) is 37.8 Å². The van der Waals surface area contributed by atoms with Crippen LogP contribution in [0.25, 0.3) is 10.9 Å². The van der Waals surface area contributed by atoms with Gasteiger partial charge in [0, 0.05) is 56.9 Å². The standard InChI is InChI=1S/C23H34N6O3/c1-4-32-23(31)29-13-10-18(11-14-29)27-22(26-16-21(30)28(2)3)24-12-9-17-15-25-20-8-6-5-7-19(17)20/h5-8,15,18,25H,4,9-14,16H2,1-3H3,(H2,24,26,27). The van der Waals surface area contributed by atoms with Crippen LogP contribution in [0, 0.1) is 0 Å². The molecule has 0 spiro atoms. The second-order valence-corrected chi connectivity index (χ2v) is 8.09. The molecule has 3 rings (SSSR count). The minimum atomic E-state index is -0.256. The Bertz CT molecular complexity index is 931. The maximum absolute atomic E-state index is 12.0. The van der Waals surface area contributed by atoms with Crippen molar-refractivity contribution in [1.82, 2.24) is 25.4 Å². The van der Waals surface area contributed by atoms with Crippen molar-refractivity contribution < 1.29 is 14.3 Å². The summed E-state index contributed by atoms with van der Waals surface area (Å²) in [5, 5.41) is 8.03. The monoisotopic (exact) mass is 442 g/mol. The molecule has 174 valence electrons. The van der Waals surface area contributed by atoms with Crippen molar-refractivity contribution in [1.29, 1.82) is 0 Å². The molecule has 0 radical (unpaired) electrons. The lowest BCUT2D eigenvalue weighted by molar-refractivity contribution is -0.127. The van der Waals surface area contributed by atoms with E-state index in [0.717, 1.165) is 24.8 Å². The Labute approximate surface area is 189 Å². The Balaban J connectivity index is 1.56. The molecule has 1 aliphatic heterocycles. The van der Waals surface area contributed by atoms with Crippen LogP contribution in [0.1, 0.15) is 25.3 Å². The molecule has 1 fully saturated rings. The van der Waals surface area contributed by atoms with E-state index in [2.05, 4.69) is 32.7 Å². The van der Waals surface area contributed by atoms with Crippen LogP contribution in [0.3, 0.4) is 0 Å². The molecule has 0 aliphatic carbocycles. The van der Waals surface area contributed by atoms with Gasteiger partial charge in [-0.2, -0.15) is 0 Å². The van der Waals surface area contributed by atoms with E-state index in [1.165, 1.54) is 15.8 Å². The number of amides is 2. The van der Waals surface area contributed by atoms with Crippen molar-refractivity contribution in [2.24, 2.45) is 4.99 Å². The number of rotatable bonds is 7. The minimum absolute atomic E-state index is 0.0557. The third-order valence-electron chi connectivity index (χ3n) is 5.59. The molecule has 0 saturated carbocycles. The molecule has 9 nitrogen and oxygen atoms in total. The first-order chi connectivity index (χ1) is 15.5. The summed E-state index contributed by atoms with van der Waals surface area (Å²) in [5.74, 6) is 0.564. The predicted molar refractivity (Wildman–Crippen MR) is 126 cm³/mol. The smallest absolute Gasteiger partial charge is 0.409 e. The number of ether oxygens (including phenoxy) is 1. The van der Waals surface area contributed by atoms with Gasteiger partial charge in [-0.15, -0.1) is 0 Å². The van der Waals surface area contributed by atoms with Crippen LogP contribution >= 0.6 is 0 Å². The number of fused-ring (bicyclic) bond motifs is 1. The first-order valence-corrected chi connectivity index (χ1v) is 11.2. The molecule has 0 unspecified atom stereocenters. The maximum atomic E-state index is 12.0. The Morgan fingerprint density at radius 2 is 2.00 bits per heavy atom. The van der Waals surface area contributed by atoms with E-state index in [1.54, 1.807) is 19.0 Å². The van der Waals surface area contributed by atoms with E-state index in [-0.39, 0.29) is 24.6 Å². The maximum Gasteiger partial charge on any atom is 0.409 e. The zero-order valence-electron chi connectivity index (χ0n) is 19.2. The number of aromatic nitrogens is 1. The number of guanidine groups is 1. The van der Waals surface area contributed by atoms with Crippen molar-refractivity contribution in [3.8, 4) is 0 Å². The predicted octanol–water partition coefficient (Wildman–Crippen LogP) is 1.95. The van der Waals surface area contributed by atoms with Gasteiger partial charge in [0.2, 0.25) is 5.91 Å². The van der Waals surface area contributed by atoms with E-state index in [9.17, 15) is 9.59 Å². The number of aliphatic imine (C=N–C) groups is 1. The third kappa shape index (κ3) is 6.38. The molecule has 2 heterocycles. The summed E-state index contributed by atoms with van der Waals surface area (Å²) in [6.07, 6.45) is 4.20. The van der Waals surface area contributed by atoms with Gasteiger partial charge in [0.1, 0.15) is 6.54 Å². The first kappa shape index (κ1) is 23.4. The molecule has 1 aromatic carbocycles. The second-order valence-electron chi connectivity index (χ2n) is 8.09. The van der Waals surface area contributed by atoms with Gasteiger partial charge in [0.05, 0.1) is 6.61 Å². The van der Waals surface area contributed by atoms with E-state index in [4.69, 9.17) is 4.74 Å². The Morgan fingerprint density at radius 3 is 2.72 bits per heavy atom. The highest BCUT2D eigenvalue weighted by Crippen LogP contribution is 2.17. The number of hydrogen-bond acceptors (Lipinski definition) is 4. The second kappa shape index (κ2) is 11.4. The molecular weight excluding hydrogens is 408 g/mol. The van der Waals surface area contributed by atoms with E-state index >= 15 is 0 Å². The number of piperidine rings is 1. The highest BCUT2D eigenvalue weighted by molar-refractivity contribution is 5.85. The lowest BCUT2D eigenvalue weighted by Crippen LogP contribution is -2.50. The van der Waals surface area contributed by atoms with E-state index in [0.29, 0.717) is 32.2 Å². The Morgan fingerprint density at radius 1 is 1.25 bits per heavy atom. The number of hydrogen-bond donors (Lipinski definition) is 3. The number of nitrogens with zero attached hydrogens (tertiary/aromatic N) is 3. The van der Waals surface area contributed by atoms with Crippen LogP contribution in [-0.2, 0) is 16.0 Å². The number of nitrogens with one attached hydrogen (secondary N) is 3. The number of para-hydroxylation sites is 1. The average Bonchev–Trinajstić information content (AvgIpc) is 3.20. The number of carbonyl (C=O) groups is 2. The van der Waals surface area contributed by atoms with Crippen molar-refractivity contribution in [2.45, 2.75) is 32.2 Å². The fraction of sp³-hybridized carbons (Fsp3) is 0.522. The SMILES string of the molecule is CCOC(=O)N1CCC(NC(=NCC(=O)N(C)C)NCCc2c[nH]c3ccccc23)CC1. The summed E-state index contributed by atoms with van der Waals surface area (Å²) in [6, 6.07) is 8.41. The summed E-state index contributed by atoms with van der Waals surface area (Å²) in [6.45, 7) is 4.23. The van der Waals surface area contributed by atoms with Crippen LogP contribution in [0.15, 0.2) is 35.5 Å². The van der Waals surface area contributed by atoms with Gasteiger partial charge in [-0.25, -0.2) is 9.79 Å². The normalized spacial score (nSPS) is 15.0. The molecule has 9 heteroatoms. The van der Waals surface area contributed by atoms with Crippen molar-refractivity contribution >= 4 is 28.9 Å². The summed E-state index contributed by atoms with van der Waals surface area (Å²) in [4.78, 5) is 35.0. The zero-order chi connectivity index (χ0) is 22.9. The molecule has 2 aromatic rings. The van der Waals surface area contributed by atoms with Gasteiger partial charge in [0.15, 0.2) is 5.96 Å². The van der Waals surface area contributed by atoms with E-state index < -0.39 is 0 Å². The molecule has 3 N–H and O–H groups in total. The highest BCUT2D eigenvalue weighted by atomic mass is 16.6. The van der Waals surface area contributed by atoms with Crippen molar-refractivity contribution in [3.05, 3.63) is 36.0 Å². The molecule has 0 atom stereocenters. The van der Waals surface area contributed by atoms with Gasteiger partial charge < -0.3 is 30.2 Å². The number of likely N-dealkylation sites (N-methyl/N-ethyl adjacent to an activating group) is 1. The quantitative estimate of drug-likeness (QED) is 0.449. The largest absolute Gasteiger partial charge is 0.450 e. The molecule has 1 aromatic heterocycles. The molecule has 1 aliphatic rings. The average molecular weight is 443 g/mol. The molecule has 1 saturated heterocycles. The van der Waals surface area contributed by atoms with Crippen LogP contribution in [0.4, 0.5) is 4.79 Å². The molecule has 0 bridgehead atoms. The van der Waals surface area contributed by atoms with Gasteiger partial charge in [-0.1, -0.05) is 18.2 Å². The number of carbonyl (C=O) groups excluding carboxylic acids is 2. The van der Waals surface area contributed by atoms with Crippen LogP contribution < -0.4 is 10.6 Å². The fourth-order valence-corrected chi connectivity index (χ4v) is 3.71.